The van der Waals surface area contributed by atoms with E-state index in [2.05, 4.69) is 10.1 Å². The Labute approximate surface area is 157 Å². The summed E-state index contributed by atoms with van der Waals surface area (Å²) < 4.78 is 70.5. The highest BCUT2D eigenvalue weighted by Gasteiger charge is 2.34. The zero-order valence-electron chi connectivity index (χ0n) is 14.6. The van der Waals surface area contributed by atoms with Crippen LogP contribution in [0.25, 0.3) is 0 Å². The molecule has 2 rings (SSSR count). The first-order valence-corrected chi connectivity index (χ1v) is 8.08. The summed E-state index contributed by atoms with van der Waals surface area (Å²) in [5.74, 6) is -3.56. The Morgan fingerprint density at radius 2 is 1.75 bits per heavy atom. The molecule has 0 spiro atoms. The van der Waals surface area contributed by atoms with E-state index in [9.17, 15) is 31.5 Å². The van der Waals surface area contributed by atoms with Crippen LogP contribution in [0.15, 0.2) is 42.5 Å². The molecule has 0 unspecified atom stereocenters. The number of halogens is 5. The summed E-state index contributed by atoms with van der Waals surface area (Å²) >= 11 is 0. The molecule has 2 aromatic carbocycles. The SMILES string of the molecule is COC(=O)[C@@H](Cc1ccccc1C(F)(F)F)NC(=O)Cc1ccc(F)cc1F. The van der Waals surface area contributed by atoms with E-state index in [4.69, 9.17) is 0 Å². The second-order valence-electron chi connectivity index (χ2n) is 5.91. The van der Waals surface area contributed by atoms with Gasteiger partial charge in [-0.2, -0.15) is 13.2 Å². The number of nitrogens with one attached hydrogen (secondary N) is 1. The number of ether oxygens (including phenoxy) is 1. The highest BCUT2D eigenvalue weighted by atomic mass is 19.4. The third kappa shape index (κ3) is 5.51. The van der Waals surface area contributed by atoms with Crippen molar-refractivity contribution in [3.63, 3.8) is 0 Å². The molecule has 0 aliphatic carbocycles. The average molecular weight is 401 g/mol. The van der Waals surface area contributed by atoms with Gasteiger partial charge in [-0.1, -0.05) is 24.3 Å². The maximum atomic E-state index is 13.7. The van der Waals surface area contributed by atoms with Gasteiger partial charge in [-0.15, -0.1) is 0 Å². The maximum absolute atomic E-state index is 13.7. The molecular formula is C19H16F5NO3. The number of rotatable bonds is 6. The molecule has 0 aliphatic heterocycles. The van der Waals surface area contributed by atoms with Gasteiger partial charge in [0.05, 0.1) is 19.1 Å². The molecule has 0 heterocycles. The van der Waals surface area contributed by atoms with Crippen molar-refractivity contribution in [3.05, 3.63) is 70.8 Å². The summed E-state index contributed by atoms with van der Waals surface area (Å²) in [7, 11) is 1.02. The van der Waals surface area contributed by atoms with Crippen molar-refractivity contribution < 1.29 is 36.3 Å². The lowest BCUT2D eigenvalue weighted by atomic mass is 9.99. The summed E-state index contributed by atoms with van der Waals surface area (Å²) in [5, 5.41) is 2.24. The molecule has 0 bridgehead atoms. The molecule has 0 radical (unpaired) electrons. The molecular weight excluding hydrogens is 385 g/mol. The molecule has 28 heavy (non-hydrogen) atoms. The van der Waals surface area contributed by atoms with Crippen LogP contribution < -0.4 is 5.32 Å². The van der Waals surface area contributed by atoms with Crippen molar-refractivity contribution in [1.82, 2.24) is 5.32 Å². The Morgan fingerprint density at radius 1 is 1.07 bits per heavy atom. The van der Waals surface area contributed by atoms with E-state index >= 15 is 0 Å². The van der Waals surface area contributed by atoms with Gasteiger partial charge in [0.25, 0.3) is 0 Å². The van der Waals surface area contributed by atoms with Crippen LogP contribution >= 0.6 is 0 Å². The van der Waals surface area contributed by atoms with Gasteiger partial charge in [0.15, 0.2) is 0 Å². The fraction of sp³-hybridized carbons (Fsp3) is 0.263. The lowest BCUT2D eigenvalue weighted by Gasteiger charge is -2.19. The summed E-state index contributed by atoms with van der Waals surface area (Å²) in [6, 6.07) is 5.83. The van der Waals surface area contributed by atoms with Crippen LogP contribution in [-0.4, -0.2) is 25.0 Å². The lowest BCUT2D eigenvalue weighted by molar-refractivity contribution is -0.145. The second kappa shape index (κ2) is 8.81. The molecule has 0 fully saturated rings. The number of alkyl halides is 3. The third-order valence-corrected chi connectivity index (χ3v) is 3.93. The van der Waals surface area contributed by atoms with E-state index in [1.165, 1.54) is 18.2 Å². The minimum Gasteiger partial charge on any atom is -0.467 e. The van der Waals surface area contributed by atoms with E-state index in [0.29, 0.717) is 6.07 Å². The van der Waals surface area contributed by atoms with Gasteiger partial charge in [-0.3, -0.25) is 4.79 Å². The molecule has 9 heteroatoms. The van der Waals surface area contributed by atoms with E-state index in [1.54, 1.807) is 0 Å². The Kier molecular flexibility index (Phi) is 6.71. The molecule has 2 aromatic rings. The molecule has 0 saturated carbocycles. The molecule has 150 valence electrons. The fourth-order valence-electron chi connectivity index (χ4n) is 2.61. The van der Waals surface area contributed by atoms with Gasteiger partial charge < -0.3 is 10.1 Å². The molecule has 0 aliphatic rings. The van der Waals surface area contributed by atoms with Crippen molar-refractivity contribution in [3.8, 4) is 0 Å². The van der Waals surface area contributed by atoms with Gasteiger partial charge in [-0.05, 0) is 23.3 Å². The van der Waals surface area contributed by atoms with Gasteiger partial charge in [0, 0.05) is 12.5 Å². The predicted molar refractivity (Wildman–Crippen MR) is 89.2 cm³/mol. The standard InChI is InChI=1S/C19H16F5NO3/c1-28-18(27)16(8-11-4-2-3-5-14(11)19(22,23)24)25-17(26)9-12-6-7-13(20)10-15(12)21/h2-7,10,16H,8-9H2,1H3,(H,25,26)/t16-/m1/s1. The molecule has 4 nitrogen and oxygen atoms in total. The summed E-state index contributed by atoms with van der Waals surface area (Å²) in [6.07, 6.45) is -5.64. The Bertz CT molecular complexity index is 867. The number of esters is 1. The minimum atomic E-state index is -4.64. The molecule has 1 N–H and O–H groups in total. The number of carbonyl (C=O) groups excluding carboxylic acids is 2. The quantitative estimate of drug-likeness (QED) is 0.596. The lowest BCUT2D eigenvalue weighted by Crippen LogP contribution is -2.44. The molecule has 0 saturated heterocycles. The monoisotopic (exact) mass is 401 g/mol. The number of carbonyl (C=O) groups is 2. The minimum absolute atomic E-state index is 0.127. The van der Waals surface area contributed by atoms with E-state index in [-0.39, 0.29) is 11.1 Å². The predicted octanol–water partition coefficient (Wildman–Crippen LogP) is 3.43. The van der Waals surface area contributed by atoms with Crippen molar-refractivity contribution in [2.45, 2.75) is 25.1 Å². The van der Waals surface area contributed by atoms with Crippen LogP contribution in [0, 0.1) is 11.6 Å². The first-order valence-electron chi connectivity index (χ1n) is 8.08. The molecule has 1 atom stereocenters. The van der Waals surface area contributed by atoms with Gasteiger partial charge in [0.2, 0.25) is 5.91 Å². The number of methoxy groups -OCH3 is 1. The van der Waals surface area contributed by atoms with Crippen molar-refractivity contribution >= 4 is 11.9 Å². The Hall–Kier alpha value is -2.97. The summed E-state index contributed by atoms with van der Waals surface area (Å²) in [4.78, 5) is 24.1. The first-order chi connectivity index (χ1) is 13.1. The number of benzene rings is 2. The molecule has 0 aromatic heterocycles. The zero-order chi connectivity index (χ0) is 20.9. The average Bonchev–Trinajstić information content (AvgIpc) is 2.62. The van der Waals surface area contributed by atoms with E-state index in [1.807, 2.05) is 0 Å². The van der Waals surface area contributed by atoms with Crippen molar-refractivity contribution in [1.29, 1.82) is 0 Å². The smallest absolute Gasteiger partial charge is 0.416 e. The van der Waals surface area contributed by atoms with Crippen LogP contribution in [0.4, 0.5) is 22.0 Å². The topological polar surface area (TPSA) is 55.4 Å². The summed E-state index contributed by atoms with van der Waals surface area (Å²) in [6.45, 7) is 0. The van der Waals surface area contributed by atoms with Crippen molar-refractivity contribution in [2.75, 3.05) is 7.11 Å². The van der Waals surface area contributed by atoms with Crippen LogP contribution in [-0.2, 0) is 33.3 Å². The third-order valence-electron chi connectivity index (χ3n) is 3.93. The highest BCUT2D eigenvalue weighted by Crippen LogP contribution is 2.32. The van der Waals surface area contributed by atoms with Gasteiger partial charge >= 0.3 is 12.1 Å². The zero-order valence-corrected chi connectivity index (χ0v) is 14.6. The van der Waals surface area contributed by atoms with Crippen LogP contribution in [0.3, 0.4) is 0 Å². The van der Waals surface area contributed by atoms with E-state index in [0.717, 1.165) is 25.3 Å². The Morgan fingerprint density at radius 3 is 2.36 bits per heavy atom. The van der Waals surface area contributed by atoms with E-state index < -0.39 is 54.1 Å². The molecule has 1 amide bonds. The van der Waals surface area contributed by atoms with Crippen molar-refractivity contribution in [2.24, 2.45) is 0 Å². The van der Waals surface area contributed by atoms with Crippen LogP contribution in [0.5, 0.6) is 0 Å². The van der Waals surface area contributed by atoms with Crippen LogP contribution in [0.2, 0.25) is 0 Å². The Balaban J connectivity index is 2.19. The number of amides is 1. The fourth-order valence-corrected chi connectivity index (χ4v) is 2.61. The number of hydrogen-bond acceptors (Lipinski definition) is 3. The van der Waals surface area contributed by atoms with Gasteiger partial charge in [-0.25, -0.2) is 13.6 Å². The largest absolute Gasteiger partial charge is 0.467 e. The highest BCUT2D eigenvalue weighted by molar-refractivity contribution is 5.85. The second-order valence-corrected chi connectivity index (χ2v) is 5.91. The normalized spacial score (nSPS) is 12.4. The summed E-state index contributed by atoms with van der Waals surface area (Å²) in [5.41, 5.74) is -1.28. The first kappa shape index (κ1) is 21.3. The maximum Gasteiger partial charge on any atom is 0.416 e. The van der Waals surface area contributed by atoms with Crippen LogP contribution in [0.1, 0.15) is 16.7 Å². The number of hydrogen-bond donors (Lipinski definition) is 1. The van der Waals surface area contributed by atoms with Gasteiger partial charge in [0.1, 0.15) is 17.7 Å².